The molecule has 1 unspecified atom stereocenters. The van der Waals surface area contributed by atoms with Gasteiger partial charge in [-0.05, 0) is 19.3 Å². The van der Waals surface area contributed by atoms with E-state index >= 15 is 0 Å². The van der Waals surface area contributed by atoms with E-state index in [1.807, 2.05) is 43.4 Å². The summed E-state index contributed by atoms with van der Waals surface area (Å²) in [5.41, 5.74) is 1.92. The molecule has 1 aromatic heterocycles. The second kappa shape index (κ2) is 8.57. The summed E-state index contributed by atoms with van der Waals surface area (Å²) in [5, 5.41) is 11.1. The van der Waals surface area contributed by atoms with E-state index in [1.54, 1.807) is 0 Å². The van der Waals surface area contributed by atoms with Crippen LogP contribution in [0.15, 0.2) is 45.9 Å². The Labute approximate surface area is 161 Å². The van der Waals surface area contributed by atoms with Crippen LogP contribution in [0.1, 0.15) is 37.9 Å². The van der Waals surface area contributed by atoms with Crippen molar-refractivity contribution in [2.45, 2.75) is 50.7 Å². The topological polar surface area (TPSA) is 65.7 Å². The lowest BCUT2D eigenvalue weighted by molar-refractivity contribution is 0.242. The maximum absolute atomic E-state index is 5.46. The molecule has 144 valence electrons. The molecule has 1 aliphatic carbocycles. The Hall–Kier alpha value is -2.34. The summed E-state index contributed by atoms with van der Waals surface area (Å²) in [4.78, 5) is 7.02. The first-order chi connectivity index (χ1) is 13.3. The van der Waals surface area contributed by atoms with E-state index in [4.69, 9.17) is 4.52 Å². The zero-order valence-electron chi connectivity index (χ0n) is 16.0. The van der Waals surface area contributed by atoms with E-state index in [9.17, 15) is 0 Å². The molecule has 0 bridgehead atoms. The minimum absolute atomic E-state index is 0.464. The fourth-order valence-corrected chi connectivity index (χ4v) is 4.21. The first-order valence-electron chi connectivity index (χ1n) is 10.0. The zero-order valence-corrected chi connectivity index (χ0v) is 16.0. The molecule has 27 heavy (non-hydrogen) atoms. The molecule has 2 heterocycles. The highest BCUT2D eigenvalue weighted by Gasteiger charge is 2.30. The molecule has 2 aromatic rings. The van der Waals surface area contributed by atoms with Gasteiger partial charge in [0, 0.05) is 43.9 Å². The Morgan fingerprint density at radius 1 is 1.22 bits per heavy atom. The number of hydrogen-bond donors (Lipinski definition) is 2. The Kier molecular flexibility index (Phi) is 5.72. The third kappa shape index (κ3) is 4.50. The molecular weight excluding hydrogens is 338 g/mol. The molecule has 1 aliphatic heterocycles. The van der Waals surface area contributed by atoms with Crippen LogP contribution in [0.2, 0.25) is 0 Å². The molecule has 1 aromatic carbocycles. The van der Waals surface area contributed by atoms with Crippen LogP contribution in [0.3, 0.4) is 0 Å². The van der Waals surface area contributed by atoms with Gasteiger partial charge in [0.25, 0.3) is 0 Å². The number of likely N-dealkylation sites (tertiary alicyclic amines) is 1. The van der Waals surface area contributed by atoms with Crippen molar-refractivity contribution < 1.29 is 4.52 Å². The van der Waals surface area contributed by atoms with E-state index in [0.717, 1.165) is 35.6 Å². The number of nitrogens with zero attached hydrogens (tertiary/aromatic N) is 3. The summed E-state index contributed by atoms with van der Waals surface area (Å²) in [6.45, 7) is 2.88. The van der Waals surface area contributed by atoms with Crippen LogP contribution in [0, 0.1) is 0 Å². The number of guanidine groups is 1. The van der Waals surface area contributed by atoms with Crippen molar-refractivity contribution in [1.29, 1.82) is 0 Å². The van der Waals surface area contributed by atoms with Gasteiger partial charge in [-0.1, -0.05) is 48.3 Å². The van der Waals surface area contributed by atoms with Crippen LogP contribution in [0.5, 0.6) is 0 Å². The number of aliphatic imine (C=N–C) groups is 1. The van der Waals surface area contributed by atoms with E-state index < -0.39 is 0 Å². The number of rotatable bonds is 5. The summed E-state index contributed by atoms with van der Waals surface area (Å²) in [5.74, 6) is 1.63. The molecule has 0 spiro atoms. The Bertz CT molecular complexity index is 751. The van der Waals surface area contributed by atoms with Gasteiger partial charge in [-0.25, -0.2) is 0 Å². The van der Waals surface area contributed by atoms with E-state index in [1.165, 1.54) is 38.6 Å². The first-order valence-corrected chi connectivity index (χ1v) is 10.0. The maximum Gasteiger partial charge on any atom is 0.191 e. The molecule has 0 radical (unpaired) electrons. The lowest BCUT2D eigenvalue weighted by Gasteiger charge is -2.24. The van der Waals surface area contributed by atoms with Crippen molar-refractivity contribution in [3.05, 3.63) is 42.2 Å². The van der Waals surface area contributed by atoms with Crippen molar-refractivity contribution in [3.63, 3.8) is 0 Å². The highest BCUT2D eigenvalue weighted by molar-refractivity contribution is 5.80. The van der Waals surface area contributed by atoms with Crippen molar-refractivity contribution in [2.75, 3.05) is 20.1 Å². The monoisotopic (exact) mass is 367 g/mol. The fourth-order valence-electron chi connectivity index (χ4n) is 4.21. The number of hydrogen-bond acceptors (Lipinski definition) is 4. The van der Waals surface area contributed by atoms with Crippen LogP contribution >= 0.6 is 0 Å². The van der Waals surface area contributed by atoms with Crippen molar-refractivity contribution in [2.24, 2.45) is 4.99 Å². The average molecular weight is 367 g/mol. The minimum Gasteiger partial charge on any atom is -0.359 e. The van der Waals surface area contributed by atoms with Crippen molar-refractivity contribution >= 4 is 5.96 Å². The smallest absolute Gasteiger partial charge is 0.191 e. The Morgan fingerprint density at radius 3 is 2.81 bits per heavy atom. The van der Waals surface area contributed by atoms with E-state index in [0.29, 0.717) is 12.6 Å². The van der Waals surface area contributed by atoms with Crippen LogP contribution in [-0.2, 0) is 6.54 Å². The van der Waals surface area contributed by atoms with Gasteiger partial charge in [0.15, 0.2) is 11.7 Å². The molecule has 2 N–H and O–H groups in total. The lowest BCUT2D eigenvalue weighted by Crippen LogP contribution is -2.45. The molecule has 2 fully saturated rings. The summed E-state index contributed by atoms with van der Waals surface area (Å²) in [7, 11) is 1.81. The standard InChI is InChI=1S/C21H29N5O/c1-22-21(24-17-11-12-26(15-17)18-9-5-6-10-18)23-14-19-13-20(25-27-19)16-7-3-2-4-8-16/h2-4,7-8,13,17-18H,5-6,9-12,14-15H2,1H3,(H2,22,23,24). The minimum atomic E-state index is 0.464. The van der Waals surface area contributed by atoms with E-state index in [-0.39, 0.29) is 0 Å². The van der Waals surface area contributed by atoms with Crippen LogP contribution < -0.4 is 10.6 Å². The predicted molar refractivity (Wildman–Crippen MR) is 108 cm³/mol. The SMILES string of the molecule is CN=C(NCc1cc(-c2ccccc2)no1)NC1CCN(C2CCCC2)C1. The number of nitrogens with one attached hydrogen (secondary N) is 2. The van der Waals surface area contributed by atoms with Crippen LogP contribution in [0.25, 0.3) is 11.3 Å². The van der Waals surface area contributed by atoms with Gasteiger partial charge < -0.3 is 15.2 Å². The first kappa shape index (κ1) is 18.0. The molecular formula is C21H29N5O. The summed E-state index contributed by atoms with van der Waals surface area (Å²) >= 11 is 0. The Morgan fingerprint density at radius 2 is 2.04 bits per heavy atom. The third-order valence-electron chi connectivity index (χ3n) is 5.68. The third-order valence-corrected chi connectivity index (χ3v) is 5.68. The van der Waals surface area contributed by atoms with Gasteiger partial charge in [-0.3, -0.25) is 9.89 Å². The second-order valence-corrected chi connectivity index (χ2v) is 7.53. The highest BCUT2D eigenvalue weighted by Crippen LogP contribution is 2.26. The van der Waals surface area contributed by atoms with Gasteiger partial charge >= 0.3 is 0 Å². The second-order valence-electron chi connectivity index (χ2n) is 7.53. The Balaban J connectivity index is 1.27. The normalized spacial score (nSPS) is 21.7. The van der Waals surface area contributed by atoms with Gasteiger partial charge in [0.1, 0.15) is 5.69 Å². The van der Waals surface area contributed by atoms with Gasteiger partial charge in [0.2, 0.25) is 0 Å². The average Bonchev–Trinajstić information content (AvgIpc) is 3.47. The summed E-state index contributed by atoms with van der Waals surface area (Å²) in [6, 6.07) is 13.3. The van der Waals surface area contributed by atoms with E-state index in [2.05, 4.69) is 25.7 Å². The molecule has 6 nitrogen and oxygen atoms in total. The molecule has 1 saturated heterocycles. The maximum atomic E-state index is 5.46. The summed E-state index contributed by atoms with van der Waals surface area (Å²) in [6.07, 6.45) is 6.71. The summed E-state index contributed by atoms with van der Waals surface area (Å²) < 4.78 is 5.46. The number of benzene rings is 1. The molecule has 2 aliphatic rings. The molecule has 0 amide bonds. The lowest BCUT2D eigenvalue weighted by atomic mass is 10.1. The van der Waals surface area contributed by atoms with Crippen molar-refractivity contribution in [3.8, 4) is 11.3 Å². The van der Waals surface area contributed by atoms with Gasteiger partial charge in [0.05, 0.1) is 6.54 Å². The molecule has 6 heteroatoms. The largest absolute Gasteiger partial charge is 0.359 e. The number of aromatic nitrogens is 1. The zero-order chi connectivity index (χ0) is 18.5. The van der Waals surface area contributed by atoms with Gasteiger partial charge in [-0.15, -0.1) is 0 Å². The fraction of sp³-hybridized carbons (Fsp3) is 0.524. The van der Waals surface area contributed by atoms with Crippen LogP contribution in [-0.4, -0.2) is 48.2 Å². The van der Waals surface area contributed by atoms with Crippen LogP contribution in [0.4, 0.5) is 0 Å². The van der Waals surface area contributed by atoms with Crippen molar-refractivity contribution in [1.82, 2.24) is 20.7 Å². The highest BCUT2D eigenvalue weighted by atomic mass is 16.5. The van der Waals surface area contributed by atoms with Gasteiger partial charge in [-0.2, -0.15) is 0 Å². The predicted octanol–water partition coefficient (Wildman–Crippen LogP) is 3.02. The molecule has 1 saturated carbocycles. The molecule has 4 rings (SSSR count). The quantitative estimate of drug-likeness (QED) is 0.628. The molecule has 1 atom stereocenters.